The monoisotopic (exact) mass is 510 g/mol. The van der Waals surface area contributed by atoms with Gasteiger partial charge < -0.3 is 24.8 Å². The first-order valence-corrected chi connectivity index (χ1v) is 12.4. The molecule has 2 N–H and O–H groups in total. The lowest BCUT2D eigenvalue weighted by atomic mass is 10.2. The van der Waals surface area contributed by atoms with Crippen molar-refractivity contribution in [3.63, 3.8) is 0 Å². The molecule has 0 heterocycles. The summed E-state index contributed by atoms with van der Waals surface area (Å²) >= 11 is 0. The smallest absolute Gasteiger partial charge is 0.463 e. The first-order valence-electron chi connectivity index (χ1n) is 10.9. The van der Waals surface area contributed by atoms with Gasteiger partial charge in [0.1, 0.15) is 11.7 Å². The molecule has 34 heavy (non-hydrogen) atoms. The second kappa shape index (κ2) is 16.6. The highest BCUT2D eigenvalue weighted by atomic mass is 31.2. The zero-order chi connectivity index (χ0) is 26.2. The molecule has 0 aromatic heterocycles. The Balaban J connectivity index is 4.70. The number of phosphoric ester groups is 1. The predicted molar refractivity (Wildman–Crippen MR) is 124 cm³/mol. The molecule has 0 rings (SSSR count). The Morgan fingerprint density at radius 1 is 1.06 bits per heavy atom. The van der Waals surface area contributed by atoms with Gasteiger partial charge in [0, 0.05) is 26.8 Å². The van der Waals surface area contributed by atoms with E-state index < -0.39 is 25.6 Å². The Morgan fingerprint density at radius 3 is 2.29 bits per heavy atom. The number of phosphoric acid groups is 1. The molecular formula is C21H39N2O10P. The van der Waals surface area contributed by atoms with Crippen molar-refractivity contribution in [2.24, 2.45) is 0 Å². The van der Waals surface area contributed by atoms with Crippen molar-refractivity contribution >= 4 is 25.8 Å². The van der Waals surface area contributed by atoms with Crippen LogP contribution in [0.3, 0.4) is 0 Å². The van der Waals surface area contributed by atoms with Crippen LogP contribution in [0.2, 0.25) is 0 Å². The number of nitrogens with one attached hydrogen (secondary N) is 2. The average molecular weight is 511 g/mol. The maximum Gasteiger partial charge on any atom is 0.475 e. The van der Waals surface area contributed by atoms with Gasteiger partial charge in [0.15, 0.2) is 0 Å². The summed E-state index contributed by atoms with van der Waals surface area (Å²) in [5.41, 5.74) is -0.657. The Morgan fingerprint density at radius 2 is 1.74 bits per heavy atom. The van der Waals surface area contributed by atoms with Gasteiger partial charge in [0.05, 0.1) is 39.1 Å². The molecular weight excluding hydrogens is 471 g/mol. The molecule has 0 aromatic rings. The molecule has 1 unspecified atom stereocenters. The van der Waals surface area contributed by atoms with Crippen LogP contribution < -0.4 is 10.6 Å². The van der Waals surface area contributed by atoms with Crippen LogP contribution in [0.25, 0.3) is 0 Å². The van der Waals surface area contributed by atoms with E-state index in [1.54, 1.807) is 27.7 Å². The van der Waals surface area contributed by atoms with Crippen LogP contribution >= 0.6 is 7.82 Å². The van der Waals surface area contributed by atoms with E-state index in [9.17, 15) is 18.9 Å². The van der Waals surface area contributed by atoms with Crippen LogP contribution in [0, 0.1) is 0 Å². The van der Waals surface area contributed by atoms with Crippen molar-refractivity contribution in [2.75, 3.05) is 39.6 Å². The Bertz CT molecular complexity index is 696. The third-order valence-electron chi connectivity index (χ3n) is 3.57. The number of hydrogen-bond donors (Lipinski definition) is 2. The van der Waals surface area contributed by atoms with Gasteiger partial charge in [-0.05, 0) is 27.7 Å². The van der Waals surface area contributed by atoms with E-state index in [2.05, 4.69) is 17.2 Å². The van der Waals surface area contributed by atoms with Crippen LogP contribution in [-0.2, 0) is 41.9 Å². The first-order chi connectivity index (χ1) is 15.8. The summed E-state index contributed by atoms with van der Waals surface area (Å²) in [6.45, 7) is 12.9. The Kier molecular flexibility index (Phi) is 15.6. The molecule has 0 aliphatic heterocycles. The molecule has 12 nitrogen and oxygen atoms in total. The van der Waals surface area contributed by atoms with Gasteiger partial charge in [0.2, 0.25) is 5.91 Å². The van der Waals surface area contributed by atoms with Crippen molar-refractivity contribution in [3.05, 3.63) is 12.7 Å². The lowest BCUT2D eigenvalue weighted by Crippen LogP contribution is -2.40. The molecule has 0 spiro atoms. The SMILES string of the molecule is C=CCOP(=O)(OCCNC(=O)OC(C)(C)C)OC[C@@H](COCC[C@@H](C)OC(C)=O)NC(C)=O. The summed E-state index contributed by atoms with van der Waals surface area (Å²) in [4.78, 5) is 34.1. The topological polar surface area (TPSA) is 148 Å². The lowest BCUT2D eigenvalue weighted by molar-refractivity contribution is -0.146. The number of carbonyl (C=O) groups excluding carboxylic acids is 3. The highest BCUT2D eigenvalue weighted by Crippen LogP contribution is 2.49. The van der Waals surface area contributed by atoms with Gasteiger partial charge in [-0.1, -0.05) is 6.08 Å². The zero-order valence-corrected chi connectivity index (χ0v) is 21.8. The van der Waals surface area contributed by atoms with Crippen molar-refractivity contribution < 1.29 is 46.7 Å². The standard InChI is InChI=1S/C21H39N2O10P/c1-8-11-29-34(27,30-13-10-22-20(26)33-21(5,6)7)31-15-19(23-17(3)24)14-28-12-9-16(2)32-18(4)25/h8,16,19H,1,9-15H2,2-7H3,(H,22,26)(H,23,24)/t16-,19-,34?/m1/s1. The fourth-order valence-electron chi connectivity index (χ4n) is 2.30. The van der Waals surface area contributed by atoms with E-state index in [1.165, 1.54) is 19.9 Å². The second-order valence-electron chi connectivity index (χ2n) is 8.27. The number of ether oxygens (including phenoxy) is 3. The van der Waals surface area contributed by atoms with Crippen LogP contribution in [-0.4, -0.2) is 75.3 Å². The van der Waals surface area contributed by atoms with E-state index in [4.69, 9.17) is 27.8 Å². The summed E-state index contributed by atoms with van der Waals surface area (Å²) in [5, 5.41) is 5.10. The zero-order valence-electron chi connectivity index (χ0n) is 20.9. The largest absolute Gasteiger partial charge is 0.475 e. The van der Waals surface area contributed by atoms with Crippen molar-refractivity contribution in [2.45, 2.75) is 65.7 Å². The number of esters is 1. The van der Waals surface area contributed by atoms with E-state index in [0.29, 0.717) is 6.42 Å². The molecule has 0 aromatic carbocycles. The van der Waals surface area contributed by atoms with Gasteiger partial charge >= 0.3 is 19.9 Å². The lowest BCUT2D eigenvalue weighted by Gasteiger charge is -2.23. The summed E-state index contributed by atoms with van der Waals surface area (Å²) < 4.78 is 44.3. The Labute approximate surface area is 201 Å². The maximum atomic E-state index is 12.9. The quantitative estimate of drug-likeness (QED) is 0.129. The molecule has 0 radical (unpaired) electrons. The summed E-state index contributed by atoms with van der Waals surface area (Å²) in [6.07, 6.45) is 0.867. The van der Waals surface area contributed by atoms with Crippen molar-refractivity contribution in [1.82, 2.24) is 10.6 Å². The molecule has 3 atom stereocenters. The normalized spacial score (nSPS) is 14.9. The maximum absolute atomic E-state index is 12.9. The van der Waals surface area contributed by atoms with E-state index in [0.717, 1.165) is 0 Å². The van der Waals surface area contributed by atoms with Crippen LogP contribution in [0.4, 0.5) is 4.79 Å². The minimum Gasteiger partial charge on any atom is -0.463 e. The highest BCUT2D eigenvalue weighted by molar-refractivity contribution is 7.48. The van der Waals surface area contributed by atoms with Gasteiger partial charge in [-0.3, -0.25) is 23.2 Å². The van der Waals surface area contributed by atoms with Crippen molar-refractivity contribution in [3.8, 4) is 0 Å². The second-order valence-corrected chi connectivity index (χ2v) is 9.94. The average Bonchev–Trinajstić information content (AvgIpc) is 2.69. The molecule has 2 amide bonds. The number of amides is 2. The Hall–Kier alpha value is -1.98. The van der Waals surface area contributed by atoms with E-state index >= 15 is 0 Å². The van der Waals surface area contributed by atoms with Gasteiger partial charge in [0.25, 0.3) is 0 Å². The van der Waals surface area contributed by atoms with Crippen LogP contribution in [0.15, 0.2) is 12.7 Å². The third kappa shape index (κ3) is 18.4. The van der Waals surface area contributed by atoms with Crippen LogP contribution in [0.1, 0.15) is 48.0 Å². The van der Waals surface area contributed by atoms with Crippen LogP contribution in [0.5, 0.6) is 0 Å². The molecule has 0 saturated carbocycles. The van der Waals surface area contributed by atoms with Crippen molar-refractivity contribution in [1.29, 1.82) is 0 Å². The molecule has 0 aliphatic rings. The van der Waals surface area contributed by atoms with Gasteiger partial charge in [-0.2, -0.15) is 0 Å². The minimum atomic E-state index is -4.03. The summed E-state index contributed by atoms with van der Waals surface area (Å²) in [5.74, 6) is -0.719. The molecule has 0 aliphatic carbocycles. The highest BCUT2D eigenvalue weighted by Gasteiger charge is 2.28. The predicted octanol–water partition coefficient (Wildman–Crippen LogP) is 2.72. The molecule has 13 heteroatoms. The number of alkyl carbamates (subject to hydrolysis) is 1. The van der Waals surface area contributed by atoms with Gasteiger partial charge in [-0.25, -0.2) is 9.36 Å². The summed E-state index contributed by atoms with van der Waals surface area (Å²) in [7, 11) is -4.03. The fourth-order valence-corrected chi connectivity index (χ4v) is 3.49. The van der Waals surface area contributed by atoms with Gasteiger partial charge in [-0.15, -0.1) is 6.58 Å². The minimum absolute atomic E-state index is 0.00152. The number of hydrogen-bond acceptors (Lipinski definition) is 10. The molecule has 0 saturated heterocycles. The van der Waals surface area contributed by atoms with E-state index in [-0.39, 0.29) is 57.6 Å². The van der Waals surface area contributed by atoms with E-state index in [1.807, 2.05) is 0 Å². The molecule has 0 bridgehead atoms. The molecule has 0 fully saturated rings. The summed E-state index contributed by atoms with van der Waals surface area (Å²) in [6, 6.07) is -0.648. The first kappa shape index (κ1) is 32.0. The fraction of sp³-hybridized carbons (Fsp3) is 0.762. The molecule has 198 valence electrons. The number of carbonyl (C=O) groups is 3. The number of rotatable bonds is 17. The third-order valence-corrected chi connectivity index (χ3v) is 5.00.